The monoisotopic (exact) mass is 147 g/mol. The van der Waals surface area contributed by atoms with Crippen molar-refractivity contribution in [3.63, 3.8) is 0 Å². The Hall–Kier alpha value is -1.24. The molecule has 58 valence electrons. The fourth-order valence-electron chi connectivity index (χ4n) is 0.854. The van der Waals surface area contributed by atoms with Gasteiger partial charge in [0.1, 0.15) is 0 Å². The molecule has 1 aliphatic carbocycles. The van der Waals surface area contributed by atoms with Crippen molar-refractivity contribution in [3.05, 3.63) is 48.2 Å². The van der Waals surface area contributed by atoms with Crippen LogP contribution in [0, 0.1) is 0 Å². The molecule has 0 N–H and O–H groups in total. The first-order valence-electron chi connectivity index (χ1n) is 3.70. The van der Waals surface area contributed by atoms with E-state index in [0.717, 1.165) is 0 Å². The molecule has 0 unspecified atom stereocenters. The van der Waals surface area contributed by atoms with Gasteiger partial charge < -0.3 is 4.90 Å². The predicted octanol–water partition coefficient (Wildman–Crippen LogP) is 2.11. The van der Waals surface area contributed by atoms with Crippen LogP contribution in [0.2, 0.25) is 0 Å². The number of hydrogen-bond acceptors (Lipinski definition) is 1. The van der Waals surface area contributed by atoms with Crippen LogP contribution in [0.1, 0.15) is 0 Å². The molecule has 0 aliphatic heterocycles. The van der Waals surface area contributed by atoms with Crippen molar-refractivity contribution >= 4 is 0 Å². The summed E-state index contributed by atoms with van der Waals surface area (Å²) in [6.45, 7) is 0. The minimum atomic E-state index is 1.21. The van der Waals surface area contributed by atoms with Gasteiger partial charge in [-0.05, 0) is 12.2 Å². The summed E-state index contributed by atoms with van der Waals surface area (Å²) in [5.74, 6) is 0. The molecule has 1 heteroatoms. The summed E-state index contributed by atoms with van der Waals surface area (Å²) in [6.07, 6.45) is 14.3. The van der Waals surface area contributed by atoms with Gasteiger partial charge in [0.05, 0.1) is 0 Å². The first-order chi connectivity index (χ1) is 5.30. The van der Waals surface area contributed by atoms with Crippen LogP contribution in [0.5, 0.6) is 0 Å². The van der Waals surface area contributed by atoms with Crippen molar-refractivity contribution in [1.82, 2.24) is 4.90 Å². The highest BCUT2D eigenvalue weighted by Crippen LogP contribution is 2.03. The molecule has 0 atom stereocenters. The largest absolute Gasteiger partial charge is 0.378 e. The van der Waals surface area contributed by atoms with Crippen LogP contribution in [0.25, 0.3) is 0 Å². The van der Waals surface area contributed by atoms with Crippen LogP contribution in [0.15, 0.2) is 48.2 Å². The van der Waals surface area contributed by atoms with Gasteiger partial charge in [0, 0.05) is 19.8 Å². The summed E-state index contributed by atoms with van der Waals surface area (Å²) in [5, 5.41) is 0. The van der Waals surface area contributed by atoms with Gasteiger partial charge in [-0.15, -0.1) is 0 Å². The number of likely N-dealkylation sites (N-methyl/N-ethyl adjacent to an activating group) is 1. The molecular weight excluding hydrogens is 134 g/mol. The summed E-state index contributed by atoms with van der Waals surface area (Å²) in [5.41, 5.74) is 1.21. The number of allylic oxidation sites excluding steroid dienone is 7. The molecule has 0 fully saturated rings. The topological polar surface area (TPSA) is 3.24 Å². The van der Waals surface area contributed by atoms with E-state index in [-0.39, 0.29) is 0 Å². The van der Waals surface area contributed by atoms with Gasteiger partial charge in [-0.3, -0.25) is 0 Å². The SMILES string of the molecule is CN(C)C1=CC=CC=CC=C1. The molecule has 0 heterocycles. The Morgan fingerprint density at radius 2 is 1.55 bits per heavy atom. The van der Waals surface area contributed by atoms with E-state index in [4.69, 9.17) is 0 Å². The van der Waals surface area contributed by atoms with Crippen LogP contribution in [0.3, 0.4) is 0 Å². The summed E-state index contributed by atoms with van der Waals surface area (Å²) < 4.78 is 0. The van der Waals surface area contributed by atoms with E-state index < -0.39 is 0 Å². The van der Waals surface area contributed by atoms with E-state index >= 15 is 0 Å². The third-order valence-electron chi connectivity index (χ3n) is 1.49. The molecule has 0 radical (unpaired) electrons. The zero-order chi connectivity index (χ0) is 8.10. The highest BCUT2D eigenvalue weighted by Gasteiger charge is 1.91. The van der Waals surface area contributed by atoms with Crippen molar-refractivity contribution in [2.45, 2.75) is 0 Å². The fraction of sp³-hybridized carbons (Fsp3) is 0.200. The van der Waals surface area contributed by atoms with E-state index in [9.17, 15) is 0 Å². The second kappa shape index (κ2) is 3.81. The van der Waals surface area contributed by atoms with E-state index in [1.165, 1.54) is 5.70 Å². The van der Waals surface area contributed by atoms with Crippen LogP contribution in [-0.2, 0) is 0 Å². The first kappa shape index (κ1) is 7.86. The molecule has 0 aromatic carbocycles. The maximum atomic E-state index is 2.08. The molecule has 0 aromatic rings. The minimum Gasteiger partial charge on any atom is -0.378 e. The van der Waals surface area contributed by atoms with Crippen LogP contribution in [0.4, 0.5) is 0 Å². The summed E-state index contributed by atoms with van der Waals surface area (Å²) in [7, 11) is 4.07. The first-order valence-corrected chi connectivity index (χ1v) is 3.70. The third-order valence-corrected chi connectivity index (χ3v) is 1.49. The van der Waals surface area contributed by atoms with E-state index in [1.54, 1.807) is 0 Å². The summed E-state index contributed by atoms with van der Waals surface area (Å²) >= 11 is 0. The van der Waals surface area contributed by atoms with Crippen LogP contribution >= 0.6 is 0 Å². The Morgan fingerprint density at radius 3 is 2.27 bits per heavy atom. The molecule has 0 saturated carbocycles. The third kappa shape index (κ3) is 2.46. The lowest BCUT2D eigenvalue weighted by Gasteiger charge is -2.12. The van der Waals surface area contributed by atoms with Gasteiger partial charge >= 0.3 is 0 Å². The van der Waals surface area contributed by atoms with E-state index in [1.807, 2.05) is 44.5 Å². The Kier molecular flexibility index (Phi) is 2.73. The lowest BCUT2D eigenvalue weighted by atomic mass is 10.2. The van der Waals surface area contributed by atoms with Crippen molar-refractivity contribution in [2.24, 2.45) is 0 Å². The lowest BCUT2D eigenvalue weighted by molar-refractivity contribution is 0.530. The van der Waals surface area contributed by atoms with Gasteiger partial charge in [0.2, 0.25) is 0 Å². The smallest absolute Gasteiger partial charge is 0.0360 e. The van der Waals surface area contributed by atoms with E-state index in [0.29, 0.717) is 0 Å². The van der Waals surface area contributed by atoms with Crippen molar-refractivity contribution in [2.75, 3.05) is 14.1 Å². The van der Waals surface area contributed by atoms with Crippen molar-refractivity contribution < 1.29 is 0 Å². The van der Waals surface area contributed by atoms with Crippen LogP contribution in [-0.4, -0.2) is 19.0 Å². The minimum absolute atomic E-state index is 1.21. The fourth-order valence-corrected chi connectivity index (χ4v) is 0.854. The molecular formula is C10H13N. The Morgan fingerprint density at radius 1 is 0.909 bits per heavy atom. The second-order valence-electron chi connectivity index (χ2n) is 2.61. The van der Waals surface area contributed by atoms with E-state index in [2.05, 4.69) is 17.1 Å². The van der Waals surface area contributed by atoms with Crippen molar-refractivity contribution in [1.29, 1.82) is 0 Å². The maximum Gasteiger partial charge on any atom is 0.0360 e. The Labute approximate surface area is 68.0 Å². The molecule has 0 aromatic heterocycles. The zero-order valence-corrected chi connectivity index (χ0v) is 6.99. The molecule has 0 saturated heterocycles. The van der Waals surface area contributed by atoms with Gasteiger partial charge in [-0.2, -0.15) is 0 Å². The molecule has 11 heavy (non-hydrogen) atoms. The Bertz CT molecular complexity index is 229. The van der Waals surface area contributed by atoms with Gasteiger partial charge in [-0.1, -0.05) is 30.4 Å². The molecule has 1 nitrogen and oxygen atoms in total. The van der Waals surface area contributed by atoms with Crippen LogP contribution < -0.4 is 0 Å². The lowest BCUT2D eigenvalue weighted by Crippen LogP contribution is -2.08. The summed E-state index contributed by atoms with van der Waals surface area (Å²) in [4.78, 5) is 2.08. The highest BCUT2D eigenvalue weighted by atomic mass is 15.1. The highest BCUT2D eigenvalue weighted by molar-refractivity contribution is 5.29. The van der Waals surface area contributed by atoms with Gasteiger partial charge in [0.25, 0.3) is 0 Å². The Balaban J connectivity index is 2.78. The quantitative estimate of drug-likeness (QED) is 0.549. The number of nitrogens with zero attached hydrogens (tertiary/aromatic N) is 1. The van der Waals surface area contributed by atoms with Gasteiger partial charge in [-0.25, -0.2) is 0 Å². The molecule has 0 amide bonds. The average molecular weight is 147 g/mol. The van der Waals surface area contributed by atoms with Crippen molar-refractivity contribution in [3.8, 4) is 0 Å². The molecule has 1 rings (SSSR count). The standard InChI is InChI=1S/C10H13N/c1-11(2)10-8-6-4-3-5-7-9-10/h3-9H,1-2H3. The molecule has 0 bridgehead atoms. The maximum absolute atomic E-state index is 2.08. The molecule has 1 aliphatic rings. The number of rotatable bonds is 1. The van der Waals surface area contributed by atoms with Gasteiger partial charge in [0.15, 0.2) is 0 Å². The predicted molar refractivity (Wildman–Crippen MR) is 49.2 cm³/mol. The zero-order valence-electron chi connectivity index (χ0n) is 6.99. The normalized spacial score (nSPS) is 15.6. The second-order valence-corrected chi connectivity index (χ2v) is 2.61. The number of hydrogen-bond donors (Lipinski definition) is 0. The summed E-state index contributed by atoms with van der Waals surface area (Å²) in [6, 6.07) is 0. The average Bonchev–Trinajstić information content (AvgIpc) is 1.84. The molecule has 0 spiro atoms.